The van der Waals surface area contributed by atoms with Crippen molar-refractivity contribution in [1.29, 1.82) is 5.26 Å². The van der Waals surface area contributed by atoms with Crippen LogP contribution in [-0.2, 0) is 0 Å². The van der Waals surface area contributed by atoms with Gasteiger partial charge in [0.15, 0.2) is 0 Å². The van der Waals surface area contributed by atoms with E-state index in [-0.39, 0.29) is 5.91 Å². The van der Waals surface area contributed by atoms with Crippen molar-refractivity contribution < 1.29 is 4.79 Å². The molecular formula is C17H11N3OS. The number of hydrogen-bond donors (Lipinski definition) is 1. The first kappa shape index (κ1) is 14.0. The summed E-state index contributed by atoms with van der Waals surface area (Å²) in [4.78, 5) is 17.7. The van der Waals surface area contributed by atoms with Gasteiger partial charge >= 0.3 is 0 Å². The van der Waals surface area contributed by atoms with E-state index in [4.69, 9.17) is 5.26 Å². The van der Waals surface area contributed by atoms with Crippen LogP contribution in [-0.4, -0.2) is 10.9 Å². The normalized spacial score (nSPS) is 9.95. The van der Waals surface area contributed by atoms with Crippen molar-refractivity contribution in [2.24, 2.45) is 0 Å². The molecule has 2 heterocycles. The highest BCUT2D eigenvalue weighted by Gasteiger charge is 2.11. The Kier molecular flexibility index (Phi) is 3.95. The molecule has 3 aromatic rings. The Bertz CT molecular complexity index is 850. The van der Waals surface area contributed by atoms with Gasteiger partial charge in [-0.25, -0.2) is 0 Å². The number of aromatic nitrogens is 1. The molecule has 0 unspecified atom stereocenters. The lowest BCUT2D eigenvalue weighted by molar-refractivity contribution is 0.103. The summed E-state index contributed by atoms with van der Waals surface area (Å²) in [7, 11) is 0. The van der Waals surface area contributed by atoms with E-state index in [1.165, 1.54) is 11.3 Å². The molecule has 0 saturated carbocycles. The van der Waals surface area contributed by atoms with Crippen LogP contribution in [0.3, 0.4) is 0 Å². The molecule has 1 amide bonds. The van der Waals surface area contributed by atoms with Gasteiger partial charge in [0.05, 0.1) is 16.5 Å². The number of nitrogens with zero attached hydrogens (tertiary/aromatic N) is 2. The minimum absolute atomic E-state index is 0.154. The highest BCUT2D eigenvalue weighted by atomic mass is 32.1. The van der Waals surface area contributed by atoms with Gasteiger partial charge in [-0.05, 0) is 42.0 Å². The molecule has 0 radical (unpaired) electrons. The molecule has 2 aromatic heterocycles. The minimum atomic E-state index is -0.154. The van der Waals surface area contributed by atoms with Crippen molar-refractivity contribution in [3.63, 3.8) is 0 Å². The van der Waals surface area contributed by atoms with Gasteiger partial charge in [-0.3, -0.25) is 9.78 Å². The number of thiophene rings is 1. The van der Waals surface area contributed by atoms with Gasteiger partial charge in [-0.1, -0.05) is 12.1 Å². The monoisotopic (exact) mass is 305 g/mol. The van der Waals surface area contributed by atoms with Gasteiger partial charge in [0.25, 0.3) is 5.91 Å². The molecule has 4 nitrogen and oxygen atoms in total. The third-order valence-electron chi connectivity index (χ3n) is 3.04. The van der Waals surface area contributed by atoms with E-state index in [2.05, 4.69) is 16.4 Å². The number of rotatable bonds is 3. The largest absolute Gasteiger partial charge is 0.321 e. The molecule has 22 heavy (non-hydrogen) atoms. The predicted molar refractivity (Wildman–Crippen MR) is 86.7 cm³/mol. The van der Waals surface area contributed by atoms with Crippen LogP contribution in [0.15, 0.2) is 60.9 Å². The number of nitrogens with one attached hydrogen (secondary N) is 1. The summed E-state index contributed by atoms with van der Waals surface area (Å²) in [6, 6.07) is 16.6. The van der Waals surface area contributed by atoms with E-state index in [9.17, 15) is 4.79 Å². The number of benzene rings is 1. The van der Waals surface area contributed by atoms with E-state index in [0.29, 0.717) is 16.1 Å². The molecule has 106 valence electrons. The highest BCUT2D eigenvalue weighted by Crippen LogP contribution is 2.29. The molecule has 0 aliphatic heterocycles. The van der Waals surface area contributed by atoms with E-state index < -0.39 is 0 Å². The average molecular weight is 305 g/mol. The predicted octanol–water partition coefficient (Wildman–Crippen LogP) is 3.93. The second kappa shape index (κ2) is 6.20. The Morgan fingerprint density at radius 3 is 2.73 bits per heavy atom. The molecule has 0 aliphatic carbocycles. The van der Waals surface area contributed by atoms with Crippen molar-refractivity contribution in [1.82, 2.24) is 4.98 Å². The minimum Gasteiger partial charge on any atom is -0.321 e. The zero-order valence-electron chi connectivity index (χ0n) is 11.5. The van der Waals surface area contributed by atoms with Gasteiger partial charge in [0.2, 0.25) is 0 Å². The maximum Gasteiger partial charge on any atom is 0.265 e. The van der Waals surface area contributed by atoms with Gasteiger partial charge in [0, 0.05) is 23.0 Å². The Morgan fingerprint density at radius 2 is 1.95 bits per heavy atom. The fourth-order valence-electron chi connectivity index (χ4n) is 1.99. The Morgan fingerprint density at radius 1 is 1.14 bits per heavy atom. The summed E-state index contributed by atoms with van der Waals surface area (Å²) < 4.78 is 0. The van der Waals surface area contributed by atoms with Crippen LogP contribution in [0, 0.1) is 11.3 Å². The second-order valence-corrected chi connectivity index (χ2v) is 5.63. The summed E-state index contributed by atoms with van der Waals surface area (Å²) >= 11 is 1.40. The summed E-state index contributed by atoms with van der Waals surface area (Å²) in [5.41, 5.74) is 2.25. The first-order valence-corrected chi connectivity index (χ1v) is 7.39. The SMILES string of the molecule is N#Cc1cccc(-c2ccc(C(=O)Nc3ccncc3)s2)c1. The molecule has 3 rings (SSSR count). The van der Waals surface area contributed by atoms with Crippen molar-refractivity contribution in [3.05, 3.63) is 71.4 Å². The quantitative estimate of drug-likeness (QED) is 0.797. The Labute approximate surface area is 131 Å². The molecule has 1 aromatic carbocycles. The fraction of sp³-hybridized carbons (Fsp3) is 0. The van der Waals surface area contributed by atoms with Crippen LogP contribution in [0.2, 0.25) is 0 Å². The van der Waals surface area contributed by atoms with Crippen molar-refractivity contribution in [3.8, 4) is 16.5 Å². The molecule has 5 heteroatoms. The van der Waals surface area contributed by atoms with E-state index in [1.54, 1.807) is 36.7 Å². The first-order chi connectivity index (χ1) is 10.8. The smallest absolute Gasteiger partial charge is 0.265 e. The van der Waals surface area contributed by atoms with Gasteiger partial charge in [0.1, 0.15) is 0 Å². The maximum atomic E-state index is 12.2. The highest BCUT2D eigenvalue weighted by molar-refractivity contribution is 7.17. The van der Waals surface area contributed by atoms with E-state index in [0.717, 1.165) is 10.4 Å². The zero-order chi connectivity index (χ0) is 15.4. The van der Waals surface area contributed by atoms with Crippen molar-refractivity contribution in [2.75, 3.05) is 5.32 Å². The van der Waals surface area contributed by atoms with Crippen molar-refractivity contribution >= 4 is 22.9 Å². The number of nitriles is 1. The van der Waals surface area contributed by atoms with Crippen LogP contribution in [0.5, 0.6) is 0 Å². The third kappa shape index (κ3) is 3.03. The lowest BCUT2D eigenvalue weighted by Gasteiger charge is -2.02. The summed E-state index contributed by atoms with van der Waals surface area (Å²) in [6.07, 6.45) is 3.26. The van der Waals surface area contributed by atoms with Crippen LogP contribution in [0.1, 0.15) is 15.2 Å². The number of anilines is 1. The van der Waals surface area contributed by atoms with Crippen LogP contribution in [0.4, 0.5) is 5.69 Å². The maximum absolute atomic E-state index is 12.2. The molecule has 0 atom stereocenters. The second-order valence-electron chi connectivity index (χ2n) is 4.55. The number of carbonyl (C=O) groups is 1. The van der Waals surface area contributed by atoms with Crippen LogP contribution >= 0.6 is 11.3 Å². The Balaban J connectivity index is 1.81. The molecular weight excluding hydrogens is 294 g/mol. The van der Waals surface area contributed by atoms with Crippen LogP contribution in [0.25, 0.3) is 10.4 Å². The van der Waals surface area contributed by atoms with Crippen LogP contribution < -0.4 is 5.32 Å². The van der Waals surface area contributed by atoms with Gasteiger partial charge in [-0.15, -0.1) is 11.3 Å². The van der Waals surface area contributed by atoms with Gasteiger partial charge in [-0.2, -0.15) is 5.26 Å². The summed E-state index contributed by atoms with van der Waals surface area (Å²) in [5.74, 6) is -0.154. The molecule has 0 saturated heterocycles. The summed E-state index contributed by atoms with van der Waals surface area (Å²) in [5, 5.41) is 11.8. The number of carbonyl (C=O) groups excluding carboxylic acids is 1. The van der Waals surface area contributed by atoms with E-state index >= 15 is 0 Å². The fourth-order valence-corrected chi connectivity index (χ4v) is 2.88. The molecule has 0 fully saturated rings. The first-order valence-electron chi connectivity index (χ1n) is 6.58. The zero-order valence-corrected chi connectivity index (χ0v) is 12.3. The third-order valence-corrected chi connectivity index (χ3v) is 4.18. The van der Waals surface area contributed by atoms with Gasteiger partial charge < -0.3 is 5.32 Å². The molecule has 0 bridgehead atoms. The molecule has 1 N–H and O–H groups in total. The Hall–Kier alpha value is -2.97. The van der Waals surface area contributed by atoms with E-state index in [1.807, 2.05) is 24.3 Å². The number of hydrogen-bond acceptors (Lipinski definition) is 4. The average Bonchev–Trinajstić information content (AvgIpc) is 3.06. The van der Waals surface area contributed by atoms with Crippen molar-refractivity contribution in [2.45, 2.75) is 0 Å². The molecule has 0 aliphatic rings. The lowest BCUT2D eigenvalue weighted by atomic mass is 10.1. The number of amides is 1. The number of pyridine rings is 1. The topological polar surface area (TPSA) is 65.8 Å². The lowest BCUT2D eigenvalue weighted by Crippen LogP contribution is -2.09. The molecule has 0 spiro atoms. The summed E-state index contributed by atoms with van der Waals surface area (Å²) in [6.45, 7) is 0. The standard InChI is InChI=1S/C17H11N3OS/c18-11-12-2-1-3-13(10-12)15-4-5-16(22-15)17(21)20-14-6-8-19-9-7-14/h1-10H,(H,19,20,21).